The van der Waals surface area contributed by atoms with Gasteiger partial charge in [0.15, 0.2) is 0 Å². The summed E-state index contributed by atoms with van der Waals surface area (Å²) >= 11 is 0. The van der Waals surface area contributed by atoms with E-state index in [0.29, 0.717) is 22.5 Å². The molecule has 1 unspecified atom stereocenters. The number of methoxy groups -OCH3 is 1. The van der Waals surface area contributed by atoms with Crippen LogP contribution in [0.3, 0.4) is 0 Å². The average molecular weight is 450 g/mol. The fourth-order valence-corrected chi connectivity index (χ4v) is 3.64. The SMILES string of the molecule is COCCOC(=O)C1=C(C)NC(=O)NC1c1cn(-c2ccccc2)nc1-c1ccc(F)cc1. The van der Waals surface area contributed by atoms with Gasteiger partial charge in [0.1, 0.15) is 12.4 Å². The monoisotopic (exact) mass is 450 g/mol. The van der Waals surface area contributed by atoms with Gasteiger partial charge < -0.3 is 20.1 Å². The smallest absolute Gasteiger partial charge is 0.338 e. The summed E-state index contributed by atoms with van der Waals surface area (Å²) in [4.78, 5) is 25.3. The summed E-state index contributed by atoms with van der Waals surface area (Å²) in [5.41, 5.74) is 3.13. The van der Waals surface area contributed by atoms with Crippen LogP contribution in [-0.4, -0.2) is 42.1 Å². The fraction of sp³-hybridized carbons (Fsp3) is 0.208. The molecule has 0 aliphatic carbocycles. The number of carbonyl (C=O) groups is 2. The molecule has 2 heterocycles. The summed E-state index contributed by atoms with van der Waals surface area (Å²) in [6, 6.07) is 14.0. The van der Waals surface area contributed by atoms with E-state index in [-0.39, 0.29) is 24.6 Å². The van der Waals surface area contributed by atoms with E-state index >= 15 is 0 Å². The Morgan fingerprint density at radius 1 is 1.12 bits per heavy atom. The molecule has 8 nitrogen and oxygen atoms in total. The molecule has 1 aliphatic heterocycles. The van der Waals surface area contributed by atoms with Crippen molar-refractivity contribution in [3.8, 4) is 16.9 Å². The Morgan fingerprint density at radius 2 is 1.85 bits per heavy atom. The second-order valence-corrected chi connectivity index (χ2v) is 7.42. The number of nitrogens with one attached hydrogen (secondary N) is 2. The summed E-state index contributed by atoms with van der Waals surface area (Å²) in [5.74, 6) is -0.962. The maximum Gasteiger partial charge on any atom is 0.338 e. The number of aromatic nitrogens is 2. The minimum Gasteiger partial charge on any atom is -0.460 e. The zero-order valence-electron chi connectivity index (χ0n) is 18.2. The number of amides is 2. The quantitative estimate of drug-likeness (QED) is 0.425. The van der Waals surface area contributed by atoms with Gasteiger partial charge in [-0.2, -0.15) is 5.10 Å². The first-order valence-corrected chi connectivity index (χ1v) is 10.3. The van der Waals surface area contributed by atoms with Crippen molar-refractivity contribution in [1.82, 2.24) is 20.4 Å². The van der Waals surface area contributed by atoms with Crippen LogP contribution in [0.4, 0.5) is 9.18 Å². The van der Waals surface area contributed by atoms with E-state index in [1.807, 2.05) is 30.3 Å². The number of hydrogen-bond acceptors (Lipinski definition) is 5. The molecule has 3 aromatic rings. The van der Waals surface area contributed by atoms with E-state index in [9.17, 15) is 14.0 Å². The summed E-state index contributed by atoms with van der Waals surface area (Å²) in [7, 11) is 1.51. The molecule has 0 radical (unpaired) electrons. The molecule has 1 aliphatic rings. The van der Waals surface area contributed by atoms with E-state index < -0.39 is 18.0 Å². The number of urea groups is 1. The van der Waals surface area contributed by atoms with Gasteiger partial charge in [-0.3, -0.25) is 0 Å². The van der Waals surface area contributed by atoms with Crippen LogP contribution < -0.4 is 10.6 Å². The molecule has 0 spiro atoms. The highest BCUT2D eigenvalue weighted by Gasteiger charge is 2.35. The van der Waals surface area contributed by atoms with E-state index in [0.717, 1.165) is 5.69 Å². The normalized spacial score (nSPS) is 15.7. The lowest BCUT2D eigenvalue weighted by Gasteiger charge is -2.27. The molecule has 0 fully saturated rings. The van der Waals surface area contributed by atoms with Gasteiger partial charge in [-0.15, -0.1) is 0 Å². The molecule has 0 saturated heterocycles. The fourth-order valence-electron chi connectivity index (χ4n) is 3.64. The van der Waals surface area contributed by atoms with Crippen molar-refractivity contribution in [2.45, 2.75) is 13.0 Å². The minimum atomic E-state index is -0.827. The minimum absolute atomic E-state index is 0.0703. The first-order chi connectivity index (χ1) is 16.0. The van der Waals surface area contributed by atoms with E-state index in [4.69, 9.17) is 14.6 Å². The summed E-state index contributed by atoms with van der Waals surface area (Å²) < 4.78 is 25.5. The van der Waals surface area contributed by atoms with Crippen LogP contribution in [0.2, 0.25) is 0 Å². The molecule has 2 N–H and O–H groups in total. The topological polar surface area (TPSA) is 94.5 Å². The van der Waals surface area contributed by atoms with Gasteiger partial charge in [0.2, 0.25) is 0 Å². The molecule has 4 rings (SSSR count). The zero-order valence-corrected chi connectivity index (χ0v) is 18.2. The van der Waals surface area contributed by atoms with Gasteiger partial charge in [0.05, 0.1) is 29.6 Å². The highest BCUT2D eigenvalue weighted by Crippen LogP contribution is 2.35. The Bertz CT molecular complexity index is 1190. The van der Waals surface area contributed by atoms with Crippen LogP contribution in [0.25, 0.3) is 16.9 Å². The molecule has 170 valence electrons. The van der Waals surface area contributed by atoms with Crippen LogP contribution in [0, 0.1) is 5.82 Å². The Hall–Kier alpha value is -3.98. The van der Waals surface area contributed by atoms with Gasteiger partial charge in [-0.25, -0.2) is 18.7 Å². The van der Waals surface area contributed by atoms with Crippen LogP contribution in [0.5, 0.6) is 0 Å². The number of ether oxygens (including phenoxy) is 2. The summed E-state index contributed by atoms with van der Waals surface area (Å²) in [5, 5.41) is 10.1. The lowest BCUT2D eigenvalue weighted by molar-refractivity contribution is -0.140. The van der Waals surface area contributed by atoms with Crippen LogP contribution in [0.15, 0.2) is 72.1 Å². The number of benzene rings is 2. The average Bonchev–Trinajstić information content (AvgIpc) is 3.25. The van der Waals surface area contributed by atoms with Crippen LogP contribution in [-0.2, 0) is 14.3 Å². The van der Waals surface area contributed by atoms with Crippen molar-refractivity contribution < 1.29 is 23.5 Å². The highest BCUT2D eigenvalue weighted by atomic mass is 19.1. The number of halogens is 1. The lowest BCUT2D eigenvalue weighted by Crippen LogP contribution is -2.45. The van der Waals surface area contributed by atoms with Crippen LogP contribution >= 0.6 is 0 Å². The molecule has 1 aromatic heterocycles. The number of allylic oxidation sites excluding steroid dienone is 1. The molecule has 2 amide bonds. The van der Waals surface area contributed by atoms with E-state index in [1.54, 1.807) is 29.9 Å². The third kappa shape index (κ3) is 4.78. The first-order valence-electron chi connectivity index (χ1n) is 10.3. The Kier molecular flexibility index (Phi) is 6.50. The maximum absolute atomic E-state index is 13.6. The number of rotatable bonds is 7. The summed E-state index contributed by atoms with van der Waals surface area (Å²) in [6.45, 7) is 1.95. The predicted molar refractivity (Wildman–Crippen MR) is 119 cm³/mol. The highest BCUT2D eigenvalue weighted by molar-refractivity contribution is 5.95. The molecular formula is C24H23FN4O4. The third-order valence-electron chi connectivity index (χ3n) is 5.20. The van der Waals surface area contributed by atoms with Crippen molar-refractivity contribution in [3.05, 3.63) is 83.4 Å². The molecule has 33 heavy (non-hydrogen) atoms. The largest absolute Gasteiger partial charge is 0.460 e. The number of esters is 1. The summed E-state index contributed by atoms with van der Waals surface area (Å²) in [6.07, 6.45) is 1.75. The Balaban J connectivity index is 1.83. The second kappa shape index (κ2) is 9.66. The van der Waals surface area contributed by atoms with E-state index in [1.165, 1.54) is 19.2 Å². The van der Waals surface area contributed by atoms with Gasteiger partial charge in [0, 0.05) is 30.1 Å². The second-order valence-electron chi connectivity index (χ2n) is 7.42. The third-order valence-corrected chi connectivity index (χ3v) is 5.20. The first kappa shape index (κ1) is 22.2. The van der Waals surface area contributed by atoms with Crippen molar-refractivity contribution in [1.29, 1.82) is 0 Å². The number of carbonyl (C=O) groups excluding carboxylic acids is 2. The molecule has 0 saturated carbocycles. The van der Waals surface area contributed by atoms with Gasteiger partial charge in [-0.05, 0) is 43.3 Å². The standard InChI is InChI=1S/C24H23FN4O4/c1-15-20(23(30)33-13-12-32-2)22(27-24(31)26-15)19-14-29(18-6-4-3-5-7-18)28-21(19)16-8-10-17(25)11-9-16/h3-11,14,22H,12-13H2,1-2H3,(H2,26,27,31). The van der Waals surface area contributed by atoms with Crippen molar-refractivity contribution >= 4 is 12.0 Å². The van der Waals surface area contributed by atoms with Crippen LogP contribution in [0.1, 0.15) is 18.5 Å². The Morgan fingerprint density at radius 3 is 2.55 bits per heavy atom. The number of para-hydroxylation sites is 1. The molecular weight excluding hydrogens is 427 g/mol. The predicted octanol–water partition coefficient (Wildman–Crippen LogP) is 3.50. The molecule has 2 aromatic carbocycles. The van der Waals surface area contributed by atoms with Gasteiger partial charge >= 0.3 is 12.0 Å². The molecule has 9 heteroatoms. The number of hydrogen-bond donors (Lipinski definition) is 2. The van der Waals surface area contributed by atoms with Crippen molar-refractivity contribution in [3.63, 3.8) is 0 Å². The van der Waals surface area contributed by atoms with E-state index in [2.05, 4.69) is 10.6 Å². The molecule has 1 atom stereocenters. The van der Waals surface area contributed by atoms with Gasteiger partial charge in [-0.1, -0.05) is 18.2 Å². The zero-order chi connectivity index (χ0) is 23.4. The maximum atomic E-state index is 13.6. The molecule has 0 bridgehead atoms. The van der Waals surface area contributed by atoms with Crippen molar-refractivity contribution in [2.75, 3.05) is 20.3 Å². The van der Waals surface area contributed by atoms with Crippen molar-refractivity contribution in [2.24, 2.45) is 0 Å². The van der Waals surface area contributed by atoms with Gasteiger partial charge in [0.25, 0.3) is 0 Å². The lowest BCUT2D eigenvalue weighted by atomic mass is 9.94. The Labute approximate surface area is 190 Å². The number of nitrogens with zero attached hydrogens (tertiary/aromatic N) is 2.